The molecule has 1 nitrogen and oxygen atoms in total. The molecular formula is C18H20ClN. The topological polar surface area (TPSA) is 3.24 Å². The predicted octanol–water partition coefficient (Wildman–Crippen LogP) is 5.03. The molecule has 1 aliphatic heterocycles. The van der Waals surface area contributed by atoms with E-state index < -0.39 is 0 Å². The van der Waals surface area contributed by atoms with Crippen LogP contribution in [0, 0.1) is 0 Å². The smallest absolute Gasteiger partial charge is 0.0432 e. The summed E-state index contributed by atoms with van der Waals surface area (Å²) in [5.41, 5.74) is 4.14. The highest BCUT2D eigenvalue weighted by Crippen LogP contribution is 2.46. The molecule has 0 spiro atoms. The number of hydrogen-bond acceptors (Lipinski definition) is 1. The number of hydrogen-bond donors (Lipinski definition) is 0. The van der Waals surface area contributed by atoms with Gasteiger partial charge in [-0.15, -0.1) is 0 Å². The number of benzene rings is 2. The number of nitrogens with zero attached hydrogens (tertiary/aromatic N) is 1. The van der Waals surface area contributed by atoms with Gasteiger partial charge >= 0.3 is 0 Å². The predicted molar refractivity (Wildman–Crippen MR) is 86.6 cm³/mol. The van der Waals surface area contributed by atoms with Gasteiger partial charge in [-0.2, -0.15) is 0 Å². The minimum absolute atomic E-state index is 0.120. The van der Waals surface area contributed by atoms with E-state index in [-0.39, 0.29) is 5.41 Å². The Hall–Kier alpha value is -1.47. The van der Waals surface area contributed by atoms with Crippen LogP contribution in [-0.2, 0) is 12.0 Å². The van der Waals surface area contributed by atoms with Crippen molar-refractivity contribution in [2.75, 3.05) is 4.90 Å². The van der Waals surface area contributed by atoms with Crippen LogP contribution in [0.5, 0.6) is 0 Å². The molecule has 2 heteroatoms. The van der Waals surface area contributed by atoms with Gasteiger partial charge in [-0.25, -0.2) is 0 Å². The van der Waals surface area contributed by atoms with Gasteiger partial charge in [0.25, 0.3) is 0 Å². The van der Waals surface area contributed by atoms with E-state index in [1.54, 1.807) is 0 Å². The van der Waals surface area contributed by atoms with E-state index in [9.17, 15) is 0 Å². The molecule has 1 unspecified atom stereocenters. The Bertz CT molecular complexity index is 619. The number of fused-ring (bicyclic) bond motifs is 1. The lowest BCUT2D eigenvalue weighted by Gasteiger charge is -2.31. The van der Waals surface area contributed by atoms with Crippen LogP contribution in [0.2, 0.25) is 5.02 Å². The molecule has 0 saturated carbocycles. The van der Waals surface area contributed by atoms with Crippen LogP contribution in [0.1, 0.15) is 31.9 Å². The van der Waals surface area contributed by atoms with Crippen LogP contribution in [0.15, 0.2) is 48.5 Å². The quantitative estimate of drug-likeness (QED) is 0.748. The summed E-state index contributed by atoms with van der Waals surface area (Å²) in [5, 5.41) is 0.825. The fourth-order valence-electron chi connectivity index (χ4n) is 3.10. The SMILES string of the molecule is CC1N(Cc2ccccc2)c2ccc(Cl)cc2C1(C)C. The summed E-state index contributed by atoms with van der Waals surface area (Å²) in [6.07, 6.45) is 0. The van der Waals surface area contributed by atoms with E-state index in [0.29, 0.717) is 6.04 Å². The Morgan fingerprint density at radius 3 is 2.50 bits per heavy atom. The third kappa shape index (κ3) is 2.10. The van der Waals surface area contributed by atoms with Crippen LogP contribution < -0.4 is 4.90 Å². The minimum Gasteiger partial charge on any atom is -0.363 e. The Morgan fingerprint density at radius 1 is 1.10 bits per heavy atom. The highest BCUT2D eigenvalue weighted by Gasteiger charge is 2.41. The molecule has 20 heavy (non-hydrogen) atoms. The average molecular weight is 286 g/mol. The van der Waals surface area contributed by atoms with Crippen molar-refractivity contribution in [3.05, 3.63) is 64.7 Å². The number of halogens is 1. The maximum absolute atomic E-state index is 6.19. The Kier molecular flexibility index (Phi) is 3.25. The van der Waals surface area contributed by atoms with Crippen LogP contribution >= 0.6 is 11.6 Å². The van der Waals surface area contributed by atoms with Gasteiger partial charge in [0.05, 0.1) is 0 Å². The molecule has 0 fully saturated rings. The monoisotopic (exact) mass is 285 g/mol. The molecule has 2 aromatic carbocycles. The third-order valence-corrected chi connectivity index (χ3v) is 4.90. The van der Waals surface area contributed by atoms with Gasteiger partial charge < -0.3 is 4.90 Å². The van der Waals surface area contributed by atoms with Gasteiger partial charge in [0, 0.05) is 28.7 Å². The summed E-state index contributed by atoms with van der Waals surface area (Å²) in [5.74, 6) is 0. The summed E-state index contributed by atoms with van der Waals surface area (Å²) in [7, 11) is 0. The number of rotatable bonds is 2. The second-order valence-electron chi connectivity index (χ2n) is 6.17. The van der Waals surface area contributed by atoms with Gasteiger partial charge in [-0.1, -0.05) is 55.8 Å². The molecule has 1 aliphatic rings. The number of anilines is 1. The van der Waals surface area contributed by atoms with Crippen LogP contribution in [0.25, 0.3) is 0 Å². The zero-order valence-electron chi connectivity index (χ0n) is 12.2. The summed E-state index contributed by atoms with van der Waals surface area (Å²) in [4.78, 5) is 2.49. The highest BCUT2D eigenvalue weighted by atomic mass is 35.5. The van der Waals surface area contributed by atoms with Crippen molar-refractivity contribution in [2.24, 2.45) is 0 Å². The molecule has 0 aromatic heterocycles. The minimum atomic E-state index is 0.120. The zero-order chi connectivity index (χ0) is 14.3. The summed E-state index contributed by atoms with van der Waals surface area (Å²) in [6, 6.07) is 17.4. The van der Waals surface area contributed by atoms with Crippen molar-refractivity contribution in [3.63, 3.8) is 0 Å². The van der Waals surface area contributed by atoms with Gasteiger partial charge in [0.1, 0.15) is 0 Å². The first-order valence-corrected chi connectivity index (χ1v) is 7.48. The average Bonchev–Trinajstić information content (AvgIpc) is 2.62. The van der Waals surface area contributed by atoms with Crippen molar-refractivity contribution < 1.29 is 0 Å². The molecule has 0 saturated heterocycles. The normalized spacial score (nSPS) is 20.0. The van der Waals surface area contributed by atoms with Crippen molar-refractivity contribution in [3.8, 4) is 0 Å². The standard InChI is InChI=1S/C18H20ClN/c1-13-18(2,3)16-11-15(19)9-10-17(16)20(13)12-14-7-5-4-6-8-14/h4-11,13H,12H2,1-3H3. The zero-order valence-corrected chi connectivity index (χ0v) is 13.0. The van der Waals surface area contributed by atoms with Crippen molar-refractivity contribution in [1.29, 1.82) is 0 Å². The first-order valence-electron chi connectivity index (χ1n) is 7.11. The van der Waals surface area contributed by atoms with Crippen LogP contribution in [-0.4, -0.2) is 6.04 Å². The summed E-state index contributed by atoms with van der Waals surface area (Å²) >= 11 is 6.19. The first-order chi connectivity index (χ1) is 9.50. The van der Waals surface area contributed by atoms with E-state index in [2.05, 4.69) is 68.1 Å². The Labute approximate surface area is 126 Å². The van der Waals surface area contributed by atoms with Crippen LogP contribution in [0.4, 0.5) is 5.69 Å². The molecule has 2 aromatic rings. The lowest BCUT2D eigenvalue weighted by atomic mass is 9.81. The second-order valence-corrected chi connectivity index (χ2v) is 6.61. The van der Waals surface area contributed by atoms with E-state index >= 15 is 0 Å². The van der Waals surface area contributed by atoms with Crippen molar-refractivity contribution in [1.82, 2.24) is 0 Å². The molecule has 0 aliphatic carbocycles. The molecule has 1 atom stereocenters. The Morgan fingerprint density at radius 2 is 1.80 bits per heavy atom. The molecule has 0 N–H and O–H groups in total. The molecule has 104 valence electrons. The van der Waals surface area contributed by atoms with Gasteiger partial charge in [0.15, 0.2) is 0 Å². The Balaban J connectivity index is 2.01. The highest BCUT2D eigenvalue weighted by molar-refractivity contribution is 6.30. The molecule has 3 rings (SSSR count). The molecule has 0 amide bonds. The van der Waals surface area contributed by atoms with Crippen LogP contribution in [0.3, 0.4) is 0 Å². The fraction of sp³-hybridized carbons (Fsp3) is 0.333. The molecule has 0 radical (unpaired) electrons. The van der Waals surface area contributed by atoms with Crippen molar-refractivity contribution >= 4 is 17.3 Å². The molecule has 0 bridgehead atoms. The molecular weight excluding hydrogens is 266 g/mol. The largest absolute Gasteiger partial charge is 0.363 e. The maximum Gasteiger partial charge on any atom is 0.0432 e. The van der Waals surface area contributed by atoms with Gasteiger partial charge in [0.2, 0.25) is 0 Å². The third-order valence-electron chi connectivity index (χ3n) is 4.67. The summed E-state index contributed by atoms with van der Waals surface area (Å²) < 4.78 is 0. The lowest BCUT2D eigenvalue weighted by Crippen LogP contribution is -2.38. The van der Waals surface area contributed by atoms with E-state index in [1.165, 1.54) is 16.8 Å². The maximum atomic E-state index is 6.19. The lowest BCUT2D eigenvalue weighted by molar-refractivity contribution is 0.440. The molecule has 1 heterocycles. The van der Waals surface area contributed by atoms with Gasteiger partial charge in [-0.05, 0) is 36.2 Å². The van der Waals surface area contributed by atoms with E-state index in [1.807, 2.05) is 6.07 Å². The van der Waals surface area contributed by atoms with E-state index in [4.69, 9.17) is 11.6 Å². The van der Waals surface area contributed by atoms with Crippen molar-refractivity contribution in [2.45, 2.75) is 38.8 Å². The first kappa shape index (κ1) is 13.5. The van der Waals surface area contributed by atoms with Gasteiger partial charge in [-0.3, -0.25) is 0 Å². The fourth-order valence-corrected chi connectivity index (χ4v) is 3.27. The van der Waals surface area contributed by atoms with E-state index in [0.717, 1.165) is 11.6 Å². The second kappa shape index (κ2) is 4.82. The summed E-state index contributed by atoms with van der Waals surface area (Å²) in [6.45, 7) is 7.85.